The van der Waals surface area contributed by atoms with Crippen LogP contribution in [0.2, 0.25) is 0 Å². The Hall–Kier alpha value is -1.66. The molecule has 3 rings (SSSR count). The first-order valence-electron chi connectivity index (χ1n) is 6.54. The Kier molecular flexibility index (Phi) is 2.91. The van der Waals surface area contributed by atoms with Crippen molar-refractivity contribution in [2.45, 2.75) is 38.2 Å². The van der Waals surface area contributed by atoms with Gasteiger partial charge >= 0.3 is 6.03 Å². The Balaban J connectivity index is 1.65. The second-order valence-corrected chi connectivity index (χ2v) is 5.16. The third-order valence-electron chi connectivity index (χ3n) is 3.61. The summed E-state index contributed by atoms with van der Waals surface area (Å²) in [5, 5.41) is 6.87. The highest BCUT2D eigenvalue weighted by Crippen LogP contribution is 2.27. The summed E-state index contributed by atoms with van der Waals surface area (Å²) in [7, 11) is 0. The molecule has 0 aliphatic carbocycles. The predicted octanol–water partition coefficient (Wildman–Crippen LogP) is 2.09. The largest absolute Gasteiger partial charge is 0.323 e. The summed E-state index contributed by atoms with van der Waals surface area (Å²) in [6, 6.07) is 1.33. The number of nitrogens with zero attached hydrogens (tertiary/aromatic N) is 3. The smallest absolute Gasteiger partial charge is 0.318 e. The Bertz CT molecular complexity index is 476. The molecule has 2 amide bonds. The van der Waals surface area contributed by atoms with Gasteiger partial charge in [-0.3, -0.25) is 10.00 Å². The van der Waals surface area contributed by atoms with E-state index in [4.69, 9.17) is 0 Å². The first kappa shape index (κ1) is 12.4. The van der Waals surface area contributed by atoms with Gasteiger partial charge in [-0.1, -0.05) is 0 Å². The first-order valence-corrected chi connectivity index (χ1v) is 6.54. The zero-order valence-corrected chi connectivity index (χ0v) is 10.5. The molecule has 1 fully saturated rings. The molecule has 0 aromatic carbocycles. The third-order valence-corrected chi connectivity index (χ3v) is 3.61. The van der Waals surface area contributed by atoms with Crippen molar-refractivity contribution in [2.75, 3.05) is 18.4 Å². The number of anilines is 1. The van der Waals surface area contributed by atoms with Gasteiger partial charge in [0.2, 0.25) is 0 Å². The van der Waals surface area contributed by atoms with Crippen molar-refractivity contribution in [3.8, 4) is 0 Å². The summed E-state index contributed by atoms with van der Waals surface area (Å²) in [5.41, 5.74) is 1.09. The van der Waals surface area contributed by atoms with Crippen LogP contribution in [0.4, 0.5) is 19.4 Å². The molecule has 0 spiro atoms. The van der Waals surface area contributed by atoms with Crippen molar-refractivity contribution in [2.24, 2.45) is 0 Å². The molecule has 104 valence electrons. The highest BCUT2D eigenvalue weighted by Gasteiger charge is 2.40. The minimum atomic E-state index is -2.76. The van der Waals surface area contributed by atoms with E-state index in [1.165, 1.54) is 0 Å². The van der Waals surface area contributed by atoms with Gasteiger partial charge in [-0.15, -0.1) is 0 Å². The van der Waals surface area contributed by atoms with E-state index in [0.717, 1.165) is 36.4 Å². The molecule has 1 aromatic rings. The lowest BCUT2D eigenvalue weighted by Crippen LogP contribution is -2.35. The molecule has 0 atom stereocenters. The fourth-order valence-corrected chi connectivity index (χ4v) is 2.58. The second kappa shape index (κ2) is 4.47. The summed E-state index contributed by atoms with van der Waals surface area (Å²) >= 11 is 0. The zero-order chi connectivity index (χ0) is 13.5. The van der Waals surface area contributed by atoms with E-state index in [1.807, 2.05) is 10.7 Å². The number of aromatic nitrogens is 2. The van der Waals surface area contributed by atoms with Gasteiger partial charge < -0.3 is 4.90 Å². The van der Waals surface area contributed by atoms with Crippen molar-refractivity contribution < 1.29 is 13.6 Å². The number of nitrogens with one attached hydrogen (secondary N) is 1. The lowest BCUT2D eigenvalue weighted by atomic mass is 10.1. The molecule has 0 saturated carbocycles. The van der Waals surface area contributed by atoms with E-state index in [2.05, 4.69) is 10.4 Å². The zero-order valence-electron chi connectivity index (χ0n) is 10.5. The molecule has 1 aromatic heterocycles. The van der Waals surface area contributed by atoms with Gasteiger partial charge in [0.1, 0.15) is 0 Å². The third kappa shape index (κ3) is 2.54. The molecular formula is C12H16F2N4O. The van der Waals surface area contributed by atoms with E-state index in [1.54, 1.807) is 0 Å². The molecule has 0 unspecified atom stereocenters. The minimum absolute atomic E-state index is 0.0897. The maximum absolute atomic E-state index is 13.0. The van der Waals surface area contributed by atoms with Crippen LogP contribution < -0.4 is 5.32 Å². The van der Waals surface area contributed by atoms with Gasteiger partial charge in [-0.05, 0) is 19.3 Å². The number of carbonyl (C=O) groups is 1. The van der Waals surface area contributed by atoms with Crippen LogP contribution in [0.1, 0.15) is 25.0 Å². The van der Waals surface area contributed by atoms with Gasteiger partial charge in [0.05, 0.1) is 6.54 Å². The number of urea groups is 1. The number of likely N-dealkylation sites (tertiary alicyclic amines) is 1. The second-order valence-electron chi connectivity index (χ2n) is 5.16. The fourth-order valence-electron chi connectivity index (χ4n) is 2.58. The number of aryl methyl sites for hydroxylation is 2. The maximum atomic E-state index is 13.0. The summed E-state index contributed by atoms with van der Waals surface area (Å²) in [6.45, 7) is 0.436. The quantitative estimate of drug-likeness (QED) is 0.849. The molecule has 7 heteroatoms. The Morgan fingerprint density at radius 1 is 1.37 bits per heavy atom. The normalized spacial score (nSPS) is 21.3. The van der Waals surface area contributed by atoms with Crippen molar-refractivity contribution in [1.29, 1.82) is 0 Å². The number of halogens is 2. The number of carbonyl (C=O) groups excluding carboxylic acids is 1. The highest BCUT2D eigenvalue weighted by molar-refractivity contribution is 5.88. The Labute approximate surface area is 109 Å². The van der Waals surface area contributed by atoms with Gasteiger partial charge in [0, 0.05) is 31.3 Å². The van der Waals surface area contributed by atoms with E-state index in [0.29, 0.717) is 5.82 Å². The molecule has 2 aliphatic heterocycles. The monoisotopic (exact) mass is 270 g/mol. The lowest BCUT2D eigenvalue weighted by Gasteiger charge is -2.15. The molecule has 2 aliphatic rings. The SMILES string of the molecule is O=C(Nc1cc2n(n1)CCCC2)N1CCC(F)(F)C1. The molecule has 3 heterocycles. The Morgan fingerprint density at radius 2 is 2.21 bits per heavy atom. The molecule has 5 nitrogen and oxygen atoms in total. The van der Waals surface area contributed by atoms with Crippen LogP contribution in [-0.4, -0.2) is 39.7 Å². The molecule has 1 saturated heterocycles. The van der Waals surface area contributed by atoms with E-state index in [9.17, 15) is 13.6 Å². The number of hydrogen-bond acceptors (Lipinski definition) is 2. The molecular weight excluding hydrogens is 254 g/mol. The summed E-state index contributed by atoms with van der Waals surface area (Å²) in [5.74, 6) is -2.30. The molecule has 1 N–H and O–H groups in total. The highest BCUT2D eigenvalue weighted by atomic mass is 19.3. The van der Waals surface area contributed by atoms with Crippen molar-refractivity contribution in [1.82, 2.24) is 14.7 Å². The van der Waals surface area contributed by atoms with Crippen LogP contribution in [-0.2, 0) is 13.0 Å². The average molecular weight is 270 g/mol. The minimum Gasteiger partial charge on any atom is -0.318 e. The summed E-state index contributed by atoms with van der Waals surface area (Å²) in [6.07, 6.45) is 2.89. The van der Waals surface area contributed by atoms with Crippen LogP contribution in [0.15, 0.2) is 6.07 Å². The standard InChI is InChI=1S/C12H16F2N4O/c13-12(14)4-6-17(8-12)11(19)15-10-7-9-3-1-2-5-18(9)16-10/h7H,1-6,8H2,(H,15,16,19). The lowest BCUT2D eigenvalue weighted by molar-refractivity contribution is 0.0159. The number of rotatable bonds is 1. The van der Waals surface area contributed by atoms with Gasteiger partial charge in [0.15, 0.2) is 5.82 Å². The number of fused-ring (bicyclic) bond motifs is 1. The van der Waals surface area contributed by atoms with E-state index < -0.39 is 18.5 Å². The summed E-state index contributed by atoms with van der Waals surface area (Å²) < 4.78 is 27.9. The fraction of sp³-hybridized carbons (Fsp3) is 0.667. The molecule has 0 bridgehead atoms. The molecule has 19 heavy (non-hydrogen) atoms. The number of hydrogen-bond donors (Lipinski definition) is 1. The van der Waals surface area contributed by atoms with Crippen molar-refractivity contribution >= 4 is 11.8 Å². The number of amides is 2. The van der Waals surface area contributed by atoms with Crippen LogP contribution in [0.3, 0.4) is 0 Å². The van der Waals surface area contributed by atoms with Crippen LogP contribution in [0.25, 0.3) is 0 Å². The summed E-state index contributed by atoms with van der Waals surface area (Å²) in [4.78, 5) is 13.0. The van der Waals surface area contributed by atoms with Gasteiger partial charge in [0.25, 0.3) is 5.92 Å². The van der Waals surface area contributed by atoms with Crippen molar-refractivity contribution in [3.05, 3.63) is 11.8 Å². The van der Waals surface area contributed by atoms with Crippen molar-refractivity contribution in [3.63, 3.8) is 0 Å². The van der Waals surface area contributed by atoms with Crippen LogP contribution >= 0.6 is 0 Å². The van der Waals surface area contributed by atoms with E-state index in [-0.39, 0.29) is 13.0 Å². The van der Waals surface area contributed by atoms with Gasteiger partial charge in [-0.2, -0.15) is 5.10 Å². The molecule has 0 radical (unpaired) electrons. The first-order chi connectivity index (χ1) is 9.03. The average Bonchev–Trinajstić information content (AvgIpc) is 2.91. The van der Waals surface area contributed by atoms with Crippen LogP contribution in [0.5, 0.6) is 0 Å². The maximum Gasteiger partial charge on any atom is 0.323 e. The predicted molar refractivity (Wildman–Crippen MR) is 65.3 cm³/mol. The van der Waals surface area contributed by atoms with E-state index >= 15 is 0 Å². The van der Waals surface area contributed by atoms with Crippen LogP contribution in [0, 0.1) is 0 Å². The Morgan fingerprint density at radius 3 is 2.89 bits per heavy atom. The number of alkyl halides is 2. The van der Waals surface area contributed by atoms with Gasteiger partial charge in [-0.25, -0.2) is 13.6 Å². The topological polar surface area (TPSA) is 50.2 Å².